The van der Waals surface area contributed by atoms with Crippen molar-refractivity contribution in [3.63, 3.8) is 0 Å². The second kappa shape index (κ2) is 8.13. The molecule has 2 saturated heterocycles. The molecule has 0 unspecified atom stereocenters. The SMILES string of the molecule is O=C(CCn1ccc2cc(Br)ccc21)NC[C@@H]1CCCN2CCCC[C@H]12. The number of hydrogen-bond donors (Lipinski definition) is 1. The molecular weight excluding hydrogens is 390 g/mol. The van der Waals surface area contributed by atoms with Crippen LogP contribution in [0.15, 0.2) is 34.9 Å². The molecule has 0 saturated carbocycles. The Morgan fingerprint density at radius 2 is 2.04 bits per heavy atom. The Morgan fingerprint density at radius 3 is 2.96 bits per heavy atom. The molecule has 0 aliphatic carbocycles. The van der Waals surface area contributed by atoms with E-state index in [0.717, 1.165) is 17.6 Å². The van der Waals surface area contributed by atoms with E-state index in [-0.39, 0.29) is 5.91 Å². The lowest BCUT2D eigenvalue weighted by molar-refractivity contribution is -0.121. The second-order valence-electron chi connectivity index (χ2n) is 7.77. The van der Waals surface area contributed by atoms with Crippen LogP contribution in [-0.4, -0.2) is 41.1 Å². The minimum absolute atomic E-state index is 0.178. The number of amides is 1. The Morgan fingerprint density at radius 1 is 1.15 bits per heavy atom. The van der Waals surface area contributed by atoms with Crippen LogP contribution in [0.5, 0.6) is 0 Å². The Balaban J connectivity index is 1.28. The van der Waals surface area contributed by atoms with Crippen molar-refractivity contribution in [2.75, 3.05) is 19.6 Å². The summed E-state index contributed by atoms with van der Waals surface area (Å²) in [5.74, 6) is 0.814. The highest BCUT2D eigenvalue weighted by Gasteiger charge is 2.32. The van der Waals surface area contributed by atoms with Crippen LogP contribution in [0.25, 0.3) is 10.9 Å². The number of nitrogens with one attached hydrogen (secondary N) is 1. The summed E-state index contributed by atoms with van der Waals surface area (Å²) in [4.78, 5) is 15.0. The third-order valence-corrected chi connectivity index (χ3v) is 6.60. The van der Waals surface area contributed by atoms with Gasteiger partial charge in [0.2, 0.25) is 5.91 Å². The zero-order valence-electron chi connectivity index (χ0n) is 15.3. The van der Waals surface area contributed by atoms with Gasteiger partial charge in [-0.05, 0) is 69.0 Å². The molecule has 0 spiro atoms. The number of hydrogen-bond acceptors (Lipinski definition) is 2. The van der Waals surface area contributed by atoms with Crippen molar-refractivity contribution in [1.82, 2.24) is 14.8 Å². The molecule has 1 aromatic heterocycles. The van der Waals surface area contributed by atoms with Crippen molar-refractivity contribution in [1.29, 1.82) is 0 Å². The standard InChI is InChI=1S/C21H28BrN3O/c22-18-6-7-20-16(14-18)8-12-25(20)13-9-21(26)23-15-17-4-3-11-24-10-2-1-5-19(17)24/h6-8,12,14,17,19H,1-5,9-11,13,15H2,(H,23,26)/t17-,19+/m0/s1. The fourth-order valence-electron chi connectivity index (χ4n) is 4.74. The number of carbonyl (C=O) groups is 1. The lowest BCUT2D eigenvalue weighted by Gasteiger charge is -2.44. The van der Waals surface area contributed by atoms with Gasteiger partial charge in [-0.3, -0.25) is 4.79 Å². The fourth-order valence-corrected chi connectivity index (χ4v) is 5.12. The zero-order chi connectivity index (χ0) is 17.9. The van der Waals surface area contributed by atoms with Gasteiger partial charge in [-0.25, -0.2) is 0 Å². The molecular formula is C21H28BrN3O. The van der Waals surface area contributed by atoms with Gasteiger partial charge in [0.05, 0.1) is 0 Å². The highest BCUT2D eigenvalue weighted by atomic mass is 79.9. The molecule has 4 nitrogen and oxygen atoms in total. The van der Waals surface area contributed by atoms with E-state index in [4.69, 9.17) is 0 Å². The van der Waals surface area contributed by atoms with Gasteiger partial charge in [-0.1, -0.05) is 22.4 Å². The quantitative estimate of drug-likeness (QED) is 0.791. The van der Waals surface area contributed by atoms with Crippen LogP contribution in [0.1, 0.15) is 38.5 Å². The van der Waals surface area contributed by atoms with Crippen LogP contribution < -0.4 is 5.32 Å². The first-order valence-electron chi connectivity index (χ1n) is 9.96. The lowest BCUT2D eigenvalue weighted by atomic mass is 9.83. The van der Waals surface area contributed by atoms with E-state index in [1.165, 1.54) is 56.1 Å². The summed E-state index contributed by atoms with van der Waals surface area (Å²) >= 11 is 3.51. The molecule has 1 amide bonds. The summed E-state index contributed by atoms with van der Waals surface area (Å²) in [6, 6.07) is 9.09. The van der Waals surface area contributed by atoms with Crippen LogP contribution in [-0.2, 0) is 11.3 Å². The molecule has 0 bridgehead atoms. The van der Waals surface area contributed by atoms with Crippen molar-refractivity contribution < 1.29 is 4.79 Å². The number of aromatic nitrogens is 1. The number of carbonyl (C=O) groups excluding carboxylic acids is 1. The maximum Gasteiger partial charge on any atom is 0.221 e. The van der Waals surface area contributed by atoms with Gasteiger partial charge >= 0.3 is 0 Å². The predicted molar refractivity (Wildman–Crippen MR) is 109 cm³/mol. The van der Waals surface area contributed by atoms with E-state index in [2.05, 4.69) is 61.2 Å². The maximum atomic E-state index is 12.4. The number of piperidine rings is 2. The second-order valence-corrected chi connectivity index (χ2v) is 8.68. The largest absolute Gasteiger partial charge is 0.356 e. The number of aryl methyl sites for hydroxylation is 1. The van der Waals surface area contributed by atoms with Gasteiger partial charge in [-0.15, -0.1) is 0 Å². The topological polar surface area (TPSA) is 37.3 Å². The summed E-state index contributed by atoms with van der Waals surface area (Å²) in [7, 11) is 0. The van der Waals surface area contributed by atoms with Crippen molar-refractivity contribution in [2.24, 2.45) is 5.92 Å². The molecule has 2 aliphatic heterocycles. The summed E-state index contributed by atoms with van der Waals surface area (Å²) in [6.07, 6.45) is 9.16. The van der Waals surface area contributed by atoms with E-state index in [1.807, 2.05) is 0 Å². The first-order chi connectivity index (χ1) is 12.7. The van der Waals surface area contributed by atoms with Gasteiger partial charge < -0.3 is 14.8 Å². The van der Waals surface area contributed by atoms with Gasteiger partial charge in [0.1, 0.15) is 0 Å². The maximum absolute atomic E-state index is 12.4. The van der Waals surface area contributed by atoms with Crippen LogP contribution in [0, 0.1) is 5.92 Å². The Hall–Kier alpha value is -1.33. The van der Waals surface area contributed by atoms with Crippen molar-refractivity contribution in [2.45, 2.75) is 51.1 Å². The van der Waals surface area contributed by atoms with E-state index in [1.54, 1.807) is 0 Å². The number of rotatable bonds is 5. The van der Waals surface area contributed by atoms with Gasteiger partial charge in [0.25, 0.3) is 0 Å². The van der Waals surface area contributed by atoms with Crippen LogP contribution in [0.4, 0.5) is 0 Å². The molecule has 2 atom stereocenters. The number of halogens is 1. The molecule has 2 aromatic rings. The van der Waals surface area contributed by atoms with E-state index in [9.17, 15) is 4.79 Å². The zero-order valence-corrected chi connectivity index (χ0v) is 16.9. The predicted octanol–water partition coefficient (Wildman–Crippen LogP) is 4.17. The summed E-state index contributed by atoms with van der Waals surface area (Å²) in [5, 5.41) is 4.43. The normalized spacial score (nSPS) is 23.7. The van der Waals surface area contributed by atoms with E-state index < -0.39 is 0 Å². The average Bonchev–Trinajstić information content (AvgIpc) is 3.06. The Bertz CT molecular complexity index is 770. The average molecular weight is 418 g/mol. The van der Waals surface area contributed by atoms with Crippen molar-refractivity contribution in [3.8, 4) is 0 Å². The monoisotopic (exact) mass is 417 g/mol. The summed E-state index contributed by atoms with van der Waals surface area (Å²) in [6.45, 7) is 4.09. The Kier molecular flexibility index (Phi) is 5.65. The third kappa shape index (κ3) is 3.99. The number of benzene rings is 1. The van der Waals surface area contributed by atoms with Crippen molar-refractivity contribution in [3.05, 3.63) is 34.9 Å². The molecule has 5 heteroatoms. The third-order valence-electron chi connectivity index (χ3n) is 6.10. The molecule has 26 heavy (non-hydrogen) atoms. The minimum Gasteiger partial charge on any atom is -0.356 e. The van der Waals surface area contributed by atoms with E-state index >= 15 is 0 Å². The highest BCUT2D eigenvalue weighted by Crippen LogP contribution is 2.30. The highest BCUT2D eigenvalue weighted by molar-refractivity contribution is 9.10. The smallest absolute Gasteiger partial charge is 0.221 e. The van der Waals surface area contributed by atoms with Gasteiger partial charge in [-0.2, -0.15) is 0 Å². The summed E-state index contributed by atoms with van der Waals surface area (Å²) in [5.41, 5.74) is 1.19. The number of nitrogens with zero attached hydrogens (tertiary/aromatic N) is 2. The molecule has 0 radical (unpaired) electrons. The molecule has 1 N–H and O–H groups in total. The van der Waals surface area contributed by atoms with Gasteiger partial charge in [0, 0.05) is 47.1 Å². The molecule has 4 rings (SSSR count). The lowest BCUT2D eigenvalue weighted by Crippen LogP contribution is -2.51. The van der Waals surface area contributed by atoms with Gasteiger partial charge in [0.15, 0.2) is 0 Å². The first kappa shape index (κ1) is 18.1. The summed E-state index contributed by atoms with van der Waals surface area (Å²) < 4.78 is 3.26. The minimum atomic E-state index is 0.178. The van der Waals surface area contributed by atoms with Crippen LogP contribution in [0.3, 0.4) is 0 Å². The Labute approximate surface area is 164 Å². The molecule has 3 heterocycles. The van der Waals surface area contributed by atoms with Crippen molar-refractivity contribution >= 4 is 32.7 Å². The molecule has 1 aromatic carbocycles. The van der Waals surface area contributed by atoms with E-state index in [0.29, 0.717) is 18.4 Å². The fraction of sp³-hybridized carbons (Fsp3) is 0.571. The number of fused-ring (bicyclic) bond motifs is 2. The molecule has 140 valence electrons. The van der Waals surface area contributed by atoms with Crippen LogP contribution in [0.2, 0.25) is 0 Å². The first-order valence-corrected chi connectivity index (χ1v) is 10.8. The molecule has 2 aliphatic rings. The molecule has 2 fully saturated rings. The van der Waals surface area contributed by atoms with Crippen LogP contribution >= 0.6 is 15.9 Å².